The molecule has 2 aromatic rings. The van der Waals surface area contributed by atoms with Gasteiger partial charge in [0.1, 0.15) is 0 Å². The van der Waals surface area contributed by atoms with E-state index in [4.69, 9.17) is 13.7 Å². The third-order valence-corrected chi connectivity index (χ3v) is 2.80. The summed E-state index contributed by atoms with van der Waals surface area (Å²) in [5, 5.41) is 3.71. The van der Waals surface area contributed by atoms with Gasteiger partial charge in [0, 0.05) is 19.7 Å². The molecular formula is C14H16N2O5. The number of carbonyl (C=O) groups excluding carboxylic acids is 2. The van der Waals surface area contributed by atoms with Crippen LogP contribution in [0.2, 0.25) is 0 Å². The van der Waals surface area contributed by atoms with Crippen LogP contribution in [0.1, 0.15) is 23.8 Å². The van der Waals surface area contributed by atoms with E-state index >= 15 is 0 Å². The molecule has 0 aromatic carbocycles. The van der Waals surface area contributed by atoms with Gasteiger partial charge in [-0.2, -0.15) is 0 Å². The molecule has 2 heterocycles. The van der Waals surface area contributed by atoms with E-state index in [2.05, 4.69) is 5.16 Å². The Bertz CT molecular complexity index is 603. The van der Waals surface area contributed by atoms with Gasteiger partial charge in [-0.15, -0.1) is 0 Å². The van der Waals surface area contributed by atoms with Crippen LogP contribution in [-0.4, -0.2) is 42.1 Å². The quantitative estimate of drug-likeness (QED) is 0.756. The maximum Gasteiger partial charge on any atom is 0.307 e. The topological polar surface area (TPSA) is 85.8 Å². The molecule has 0 radical (unpaired) electrons. The average Bonchev–Trinajstić information content (AvgIpc) is 3.14. The number of amides is 1. The monoisotopic (exact) mass is 292 g/mol. The Hall–Kier alpha value is -2.57. The van der Waals surface area contributed by atoms with Crippen molar-refractivity contribution < 1.29 is 23.3 Å². The maximum absolute atomic E-state index is 12.1. The Balaban J connectivity index is 1.95. The number of furan rings is 1. The molecular weight excluding hydrogens is 276 g/mol. The van der Waals surface area contributed by atoms with E-state index in [0.29, 0.717) is 18.1 Å². The first-order valence-corrected chi connectivity index (χ1v) is 6.53. The SMILES string of the molecule is CCOC(=O)CCN(C)C(=O)c1cc(-c2ccco2)on1. The van der Waals surface area contributed by atoms with Crippen LogP contribution in [0.15, 0.2) is 33.4 Å². The van der Waals surface area contributed by atoms with Gasteiger partial charge in [0.25, 0.3) is 5.91 Å². The molecule has 2 aromatic heterocycles. The molecule has 0 fully saturated rings. The normalized spacial score (nSPS) is 10.4. The lowest BCUT2D eigenvalue weighted by molar-refractivity contribution is -0.143. The standard InChI is InChI=1S/C14H16N2O5/c1-3-19-13(17)6-7-16(2)14(18)10-9-12(21-15-10)11-5-4-8-20-11/h4-5,8-9H,3,6-7H2,1-2H3. The first-order valence-electron chi connectivity index (χ1n) is 6.53. The molecule has 0 atom stereocenters. The largest absolute Gasteiger partial charge is 0.466 e. The molecule has 1 amide bonds. The fraction of sp³-hybridized carbons (Fsp3) is 0.357. The van der Waals surface area contributed by atoms with E-state index in [1.807, 2.05) is 0 Å². The van der Waals surface area contributed by atoms with Gasteiger partial charge in [-0.05, 0) is 19.1 Å². The highest BCUT2D eigenvalue weighted by atomic mass is 16.5. The lowest BCUT2D eigenvalue weighted by Gasteiger charge is -2.14. The molecule has 0 aliphatic heterocycles. The molecule has 0 aliphatic carbocycles. The van der Waals surface area contributed by atoms with Crippen molar-refractivity contribution in [1.82, 2.24) is 10.1 Å². The summed E-state index contributed by atoms with van der Waals surface area (Å²) in [5.74, 6) is 0.201. The van der Waals surface area contributed by atoms with Crippen LogP contribution >= 0.6 is 0 Å². The summed E-state index contributed by atoms with van der Waals surface area (Å²) in [6.45, 7) is 2.31. The van der Waals surface area contributed by atoms with Gasteiger partial charge in [-0.25, -0.2) is 0 Å². The second kappa shape index (κ2) is 6.74. The number of rotatable bonds is 6. The predicted octanol–water partition coefficient (Wildman–Crippen LogP) is 1.96. The van der Waals surface area contributed by atoms with Gasteiger partial charge in [0.15, 0.2) is 11.5 Å². The summed E-state index contributed by atoms with van der Waals surface area (Å²) in [4.78, 5) is 24.8. The molecule has 7 nitrogen and oxygen atoms in total. The summed E-state index contributed by atoms with van der Waals surface area (Å²) >= 11 is 0. The fourth-order valence-corrected chi connectivity index (χ4v) is 1.70. The van der Waals surface area contributed by atoms with Gasteiger partial charge in [0.2, 0.25) is 5.76 Å². The number of hydrogen-bond acceptors (Lipinski definition) is 6. The second-order valence-corrected chi connectivity index (χ2v) is 4.34. The smallest absolute Gasteiger partial charge is 0.307 e. The van der Waals surface area contributed by atoms with Crippen molar-refractivity contribution in [2.45, 2.75) is 13.3 Å². The highest BCUT2D eigenvalue weighted by molar-refractivity contribution is 5.93. The molecule has 7 heteroatoms. The van der Waals surface area contributed by atoms with Crippen LogP contribution < -0.4 is 0 Å². The zero-order valence-corrected chi connectivity index (χ0v) is 11.9. The summed E-state index contributed by atoms with van der Waals surface area (Å²) in [5.41, 5.74) is 0.160. The van der Waals surface area contributed by atoms with E-state index in [1.54, 1.807) is 26.1 Å². The molecule has 2 rings (SSSR count). The summed E-state index contributed by atoms with van der Waals surface area (Å²) in [6, 6.07) is 4.92. The van der Waals surface area contributed by atoms with Crippen molar-refractivity contribution in [2.24, 2.45) is 0 Å². The average molecular weight is 292 g/mol. The van der Waals surface area contributed by atoms with Crippen LogP contribution in [0.4, 0.5) is 0 Å². The molecule has 0 unspecified atom stereocenters. The van der Waals surface area contributed by atoms with Crippen molar-refractivity contribution >= 4 is 11.9 Å². The van der Waals surface area contributed by atoms with Gasteiger partial charge >= 0.3 is 5.97 Å². The maximum atomic E-state index is 12.1. The van der Waals surface area contributed by atoms with Gasteiger partial charge in [0.05, 0.1) is 19.3 Å². The Morgan fingerprint density at radius 2 is 2.19 bits per heavy atom. The third kappa shape index (κ3) is 3.71. The molecule has 0 spiro atoms. The first kappa shape index (κ1) is 14.8. The summed E-state index contributed by atoms with van der Waals surface area (Å²) in [6.07, 6.45) is 1.64. The van der Waals surface area contributed by atoms with Crippen molar-refractivity contribution in [3.63, 3.8) is 0 Å². The molecule has 21 heavy (non-hydrogen) atoms. The van der Waals surface area contributed by atoms with E-state index < -0.39 is 0 Å². The summed E-state index contributed by atoms with van der Waals surface area (Å²) in [7, 11) is 1.59. The van der Waals surface area contributed by atoms with E-state index in [-0.39, 0.29) is 30.5 Å². The number of ether oxygens (including phenoxy) is 1. The highest BCUT2D eigenvalue weighted by Crippen LogP contribution is 2.20. The van der Waals surface area contributed by atoms with Crippen molar-refractivity contribution in [3.05, 3.63) is 30.2 Å². The third-order valence-electron chi connectivity index (χ3n) is 2.80. The number of esters is 1. The number of hydrogen-bond donors (Lipinski definition) is 0. The van der Waals surface area contributed by atoms with Crippen molar-refractivity contribution in [3.8, 4) is 11.5 Å². The Kier molecular flexibility index (Phi) is 4.76. The highest BCUT2D eigenvalue weighted by Gasteiger charge is 2.19. The van der Waals surface area contributed by atoms with Crippen LogP contribution in [0.3, 0.4) is 0 Å². The second-order valence-electron chi connectivity index (χ2n) is 4.34. The lowest BCUT2D eigenvalue weighted by atomic mass is 10.3. The minimum atomic E-state index is -0.339. The molecule has 0 N–H and O–H groups in total. The van der Waals surface area contributed by atoms with Gasteiger partial charge in [-0.3, -0.25) is 9.59 Å². The van der Waals surface area contributed by atoms with E-state index in [0.717, 1.165) is 0 Å². The van der Waals surface area contributed by atoms with Crippen molar-refractivity contribution in [2.75, 3.05) is 20.2 Å². The first-order chi connectivity index (χ1) is 10.1. The molecule has 0 bridgehead atoms. The van der Waals surface area contributed by atoms with Crippen LogP contribution in [0.5, 0.6) is 0 Å². The minimum Gasteiger partial charge on any atom is -0.466 e. The molecule has 0 aliphatic rings. The molecule has 0 saturated heterocycles. The van der Waals surface area contributed by atoms with E-state index in [1.165, 1.54) is 17.2 Å². The van der Waals surface area contributed by atoms with Gasteiger partial charge < -0.3 is 18.6 Å². The van der Waals surface area contributed by atoms with Crippen LogP contribution in [-0.2, 0) is 9.53 Å². The minimum absolute atomic E-state index is 0.138. The number of carbonyl (C=O) groups is 2. The number of aromatic nitrogens is 1. The molecule has 0 saturated carbocycles. The van der Waals surface area contributed by atoms with Crippen molar-refractivity contribution in [1.29, 1.82) is 0 Å². The summed E-state index contributed by atoms with van der Waals surface area (Å²) < 4.78 is 15.0. The van der Waals surface area contributed by atoms with E-state index in [9.17, 15) is 9.59 Å². The van der Waals surface area contributed by atoms with Gasteiger partial charge in [-0.1, -0.05) is 5.16 Å². The lowest BCUT2D eigenvalue weighted by Crippen LogP contribution is -2.29. The predicted molar refractivity (Wildman–Crippen MR) is 72.4 cm³/mol. The fourth-order valence-electron chi connectivity index (χ4n) is 1.70. The Labute approximate surface area is 121 Å². The zero-order chi connectivity index (χ0) is 15.2. The Morgan fingerprint density at radius 1 is 1.38 bits per heavy atom. The zero-order valence-electron chi connectivity index (χ0n) is 11.9. The van der Waals surface area contributed by atoms with Crippen LogP contribution in [0, 0.1) is 0 Å². The number of nitrogens with zero attached hydrogens (tertiary/aromatic N) is 2. The molecule has 112 valence electrons. The Morgan fingerprint density at radius 3 is 2.86 bits per heavy atom. The van der Waals surface area contributed by atoms with Crippen LogP contribution in [0.25, 0.3) is 11.5 Å².